The van der Waals surface area contributed by atoms with E-state index in [1.165, 1.54) is 6.21 Å². The molecule has 0 aliphatic heterocycles. The van der Waals surface area contributed by atoms with Gasteiger partial charge in [-0.05, 0) is 35.0 Å². The Balaban J connectivity index is 1.56. The Morgan fingerprint density at radius 1 is 0.969 bits per heavy atom. The molecule has 0 aliphatic rings. The molecule has 0 spiro atoms. The second-order valence-electron chi connectivity index (χ2n) is 6.84. The van der Waals surface area contributed by atoms with Crippen LogP contribution in [-0.4, -0.2) is 43.6 Å². The molecule has 8 heteroatoms. The van der Waals surface area contributed by atoms with Gasteiger partial charge in [0.1, 0.15) is 22.9 Å². The van der Waals surface area contributed by atoms with E-state index in [1.807, 2.05) is 36.4 Å². The first-order valence-corrected chi connectivity index (χ1v) is 9.81. The van der Waals surface area contributed by atoms with Gasteiger partial charge in [-0.2, -0.15) is 10.2 Å². The van der Waals surface area contributed by atoms with Crippen LogP contribution < -0.4 is 19.6 Å². The molecular formula is C24H22N4O4. The standard InChI is InChI=1S/C24H22N4O4/c1-30-17-10-8-16(22(12-17)32-3)14-25-28-24(29)20-13-19(26-27-20)23-18-7-5-4-6-15(18)9-11-21(23)31-2/h4-14H,1-3H3,(H,26,27)(H,28,29)/b25-14+. The molecule has 8 nitrogen and oxygen atoms in total. The van der Waals surface area contributed by atoms with Crippen molar-refractivity contribution in [1.82, 2.24) is 15.6 Å². The number of hydrogen-bond acceptors (Lipinski definition) is 6. The van der Waals surface area contributed by atoms with Gasteiger partial charge in [0.15, 0.2) is 0 Å². The minimum absolute atomic E-state index is 0.272. The Morgan fingerprint density at radius 3 is 2.56 bits per heavy atom. The SMILES string of the molecule is COc1ccc(/C=N/NC(=O)c2cc(-c3c(OC)ccc4ccccc34)n[nH]2)c(OC)c1. The van der Waals surface area contributed by atoms with Crippen molar-refractivity contribution in [3.05, 3.63) is 71.9 Å². The van der Waals surface area contributed by atoms with Gasteiger partial charge in [-0.25, -0.2) is 5.43 Å². The minimum Gasteiger partial charge on any atom is -0.497 e. The van der Waals surface area contributed by atoms with Gasteiger partial charge in [-0.15, -0.1) is 0 Å². The fourth-order valence-electron chi connectivity index (χ4n) is 3.40. The zero-order chi connectivity index (χ0) is 22.5. The molecule has 4 rings (SSSR count). The second kappa shape index (κ2) is 9.22. The number of amides is 1. The fraction of sp³-hybridized carbons (Fsp3) is 0.125. The summed E-state index contributed by atoms with van der Waals surface area (Å²) in [6, 6.07) is 18.8. The molecule has 1 heterocycles. The second-order valence-corrected chi connectivity index (χ2v) is 6.84. The number of benzene rings is 3. The summed E-state index contributed by atoms with van der Waals surface area (Å²) in [7, 11) is 4.74. The van der Waals surface area contributed by atoms with Crippen LogP contribution in [0.4, 0.5) is 0 Å². The van der Waals surface area contributed by atoms with Crippen LogP contribution in [-0.2, 0) is 0 Å². The van der Waals surface area contributed by atoms with Crippen LogP contribution in [0.15, 0.2) is 65.8 Å². The summed E-state index contributed by atoms with van der Waals surface area (Å²) in [4.78, 5) is 12.6. The van der Waals surface area contributed by atoms with Crippen molar-refractivity contribution in [3.8, 4) is 28.5 Å². The summed E-state index contributed by atoms with van der Waals surface area (Å²) in [5.74, 6) is 1.49. The molecule has 0 fully saturated rings. The molecule has 3 aromatic carbocycles. The maximum Gasteiger partial charge on any atom is 0.289 e. The van der Waals surface area contributed by atoms with Gasteiger partial charge in [0.25, 0.3) is 5.91 Å². The van der Waals surface area contributed by atoms with Gasteiger partial charge in [-0.3, -0.25) is 9.89 Å². The van der Waals surface area contributed by atoms with Crippen LogP contribution in [0.1, 0.15) is 16.1 Å². The molecule has 0 unspecified atom stereocenters. The molecule has 0 bridgehead atoms. The van der Waals surface area contributed by atoms with Gasteiger partial charge in [-0.1, -0.05) is 30.3 Å². The van der Waals surface area contributed by atoms with Gasteiger partial charge in [0, 0.05) is 11.6 Å². The number of nitrogens with one attached hydrogen (secondary N) is 2. The van der Waals surface area contributed by atoms with Gasteiger partial charge in [0.05, 0.1) is 38.8 Å². The lowest BCUT2D eigenvalue weighted by Crippen LogP contribution is -2.18. The van der Waals surface area contributed by atoms with Crippen molar-refractivity contribution in [1.29, 1.82) is 0 Å². The largest absolute Gasteiger partial charge is 0.497 e. The molecule has 0 atom stereocenters. The zero-order valence-electron chi connectivity index (χ0n) is 17.9. The first-order chi connectivity index (χ1) is 15.6. The number of H-pyrrole nitrogens is 1. The van der Waals surface area contributed by atoms with Crippen LogP contribution in [0.3, 0.4) is 0 Å². The summed E-state index contributed by atoms with van der Waals surface area (Å²) >= 11 is 0. The molecule has 162 valence electrons. The van der Waals surface area contributed by atoms with Crippen molar-refractivity contribution in [2.45, 2.75) is 0 Å². The Morgan fingerprint density at radius 2 is 1.78 bits per heavy atom. The van der Waals surface area contributed by atoms with Crippen LogP contribution in [0, 0.1) is 0 Å². The number of ether oxygens (including phenoxy) is 3. The molecule has 1 amide bonds. The van der Waals surface area contributed by atoms with E-state index in [1.54, 1.807) is 45.6 Å². The van der Waals surface area contributed by atoms with E-state index in [2.05, 4.69) is 20.7 Å². The first-order valence-electron chi connectivity index (χ1n) is 9.81. The predicted molar refractivity (Wildman–Crippen MR) is 123 cm³/mol. The van der Waals surface area contributed by atoms with Gasteiger partial charge < -0.3 is 14.2 Å². The monoisotopic (exact) mass is 430 g/mol. The highest BCUT2D eigenvalue weighted by Crippen LogP contribution is 2.36. The molecule has 0 saturated carbocycles. The summed E-state index contributed by atoms with van der Waals surface area (Å²) in [6.07, 6.45) is 1.50. The fourth-order valence-corrected chi connectivity index (χ4v) is 3.40. The van der Waals surface area contributed by atoms with E-state index < -0.39 is 5.91 Å². The number of hydrazone groups is 1. The Kier molecular flexibility index (Phi) is 6.03. The highest BCUT2D eigenvalue weighted by atomic mass is 16.5. The molecular weight excluding hydrogens is 408 g/mol. The number of fused-ring (bicyclic) bond motifs is 1. The molecule has 0 aliphatic carbocycles. The highest BCUT2D eigenvalue weighted by molar-refractivity contribution is 6.00. The van der Waals surface area contributed by atoms with E-state index in [9.17, 15) is 4.79 Å². The van der Waals surface area contributed by atoms with Crippen LogP contribution in [0.5, 0.6) is 17.2 Å². The number of rotatable bonds is 7. The Labute approximate surface area is 184 Å². The van der Waals surface area contributed by atoms with Crippen molar-refractivity contribution in [2.75, 3.05) is 21.3 Å². The number of carbonyl (C=O) groups is 1. The third-order valence-electron chi connectivity index (χ3n) is 5.00. The lowest BCUT2D eigenvalue weighted by Gasteiger charge is -2.09. The highest BCUT2D eigenvalue weighted by Gasteiger charge is 2.16. The predicted octanol–water partition coefficient (Wildman–Crippen LogP) is 4.02. The number of nitrogens with zero attached hydrogens (tertiary/aromatic N) is 2. The maximum atomic E-state index is 12.6. The number of methoxy groups -OCH3 is 3. The molecule has 0 saturated heterocycles. The molecule has 2 N–H and O–H groups in total. The van der Waals surface area contributed by atoms with E-state index >= 15 is 0 Å². The Bertz CT molecular complexity index is 1300. The number of aromatic amines is 1. The lowest BCUT2D eigenvalue weighted by molar-refractivity contribution is 0.0950. The normalized spacial score (nSPS) is 11.0. The molecule has 1 aromatic heterocycles. The van der Waals surface area contributed by atoms with Crippen molar-refractivity contribution < 1.29 is 19.0 Å². The minimum atomic E-state index is -0.424. The van der Waals surface area contributed by atoms with E-state index in [0.29, 0.717) is 28.5 Å². The third-order valence-corrected chi connectivity index (χ3v) is 5.00. The third kappa shape index (κ3) is 4.11. The summed E-state index contributed by atoms with van der Waals surface area (Å²) in [5, 5.41) is 13.2. The van der Waals surface area contributed by atoms with Crippen LogP contribution in [0.2, 0.25) is 0 Å². The molecule has 0 radical (unpaired) electrons. The number of aromatic nitrogens is 2. The summed E-state index contributed by atoms with van der Waals surface area (Å²) < 4.78 is 16.0. The smallest absolute Gasteiger partial charge is 0.289 e. The lowest BCUT2D eigenvalue weighted by atomic mass is 10.0. The average Bonchev–Trinajstić information content (AvgIpc) is 3.33. The van der Waals surface area contributed by atoms with Crippen LogP contribution >= 0.6 is 0 Å². The maximum absolute atomic E-state index is 12.6. The van der Waals surface area contributed by atoms with E-state index in [-0.39, 0.29) is 5.69 Å². The van der Waals surface area contributed by atoms with Crippen molar-refractivity contribution >= 4 is 22.9 Å². The summed E-state index contributed by atoms with van der Waals surface area (Å²) in [6.45, 7) is 0. The van der Waals surface area contributed by atoms with Crippen molar-refractivity contribution in [3.63, 3.8) is 0 Å². The molecule has 4 aromatic rings. The Hall–Kier alpha value is -4.33. The number of carbonyl (C=O) groups excluding carboxylic acids is 1. The van der Waals surface area contributed by atoms with Crippen LogP contribution in [0.25, 0.3) is 22.0 Å². The summed E-state index contributed by atoms with van der Waals surface area (Å²) in [5.41, 5.74) is 4.88. The van der Waals surface area contributed by atoms with E-state index in [0.717, 1.165) is 16.3 Å². The van der Waals surface area contributed by atoms with Gasteiger partial charge in [0.2, 0.25) is 0 Å². The molecule has 32 heavy (non-hydrogen) atoms. The zero-order valence-corrected chi connectivity index (χ0v) is 17.9. The topological polar surface area (TPSA) is 97.8 Å². The number of hydrogen-bond donors (Lipinski definition) is 2. The quantitative estimate of drug-likeness (QED) is 0.341. The first kappa shape index (κ1) is 20.9. The van der Waals surface area contributed by atoms with Gasteiger partial charge >= 0.3 is 0 Å². The average molecular weight is 430 g/mol. The van der Waals surface area contributed by atoms with Crippen molar-refractivity contribution in [2.24, 2.45) is 5.10 Å². The van der Waals surface area contributed by atoms with E-state index in [4.69, 9.17) is 14.2 Å².